The molecule has 8 aromatic rings. The third-order valence-electron chi connectivity index (χ3n) is 11.5. The van der Waals surface area contributed by atoms with E-state index in [1.165, 1.54) is 133 Å². The Balaban J connectivity index is 0.000000216. The van der Waals surface area contributed by atoms with Crippen LogP contribution in [0.2, 0.25) is 10.0 Å². The second-order valence-corrected chi connectivity index (χ2v) is 22.8. The highest BCUT2D eigenvalue weighted by atomic mass is 79.9. The van der Waals surface area contributed by atoms with E-state index in [9.17, 15) is 79.7 Å². The van der Waals surface area contributed by atoms with Crippen molar-refractivity contribution in [3.05, 3.63) is 184 Å². The van der Waals surface area contributed by atoms with Gasteiger partial charge in [-0.05, 0) is 102 Å². The summed E-state index contributed by atoms with van der Waals surface area (Å²) in [5.74, 6) is 0. The first kappa shape index (κ1) is 63.0. The fourth-order valence-corrected chi connectivity index (χ4v) is 9.39. The van der Waals surface area contributed by atoms with Gasteiger partial charge in [0.15, 0.2) is 19.7 Å². The number of aromatic nitrogens is 4. The summed E-state index contributed by atoms with van der Waals surface area (Å²) in [5.41, 5.74) is -12.4. The van der Waals surface area contributed by atoms with E-state index in [1.54, 1.807) is 12.1 Å². The molecular weight excluding hydrogens is 1240 g/mol. The van der Waals surface area contributed by atoms with Crippen molar-refractivity contribution in [2.24, 2.45) is 0 Å². The van der Waals surface area contributed by atoms with Gasteiger partial charge in [0.2, 0.25) is 0 Å². The molecule has 4 N–H and O–H groups in total. The fourth-order valence-electron chi connectivity index (χ4n) is 7.32. The summed E-state index contributed by atoms with van der Waals surface area (Å²) >= 11 is 15.5. The van der Waals surface area contributed by atoms with Crippen LogP contribution in [-0.2, 0) is 30.9 Å². The second-order valence-electron chi connectivity index (χ2n) is 17.1. The molecule has 0 aliphatic rings. The normalized spacial score (nSPS) is 12.8. The largest absolute Gasteiger partial charge is 0.488 e. The Morgan fingerprint density at radius 1 is 0.475 bits per heavy atom. The molecule has 0 unspecified atom stereocenters. The van der Waals surface area contributed by atoms with Crippen molar-refractivity contribution in [1.29, 1.82) is 0 Å². The van der Waals surface area contributed by atoms with E-state index in [-0.39, 0.29) is 59.2 Å². The van der Waals surface area contributed by atoms with Gasteiger partial charge < -0.3 is 20.3 Å². The van der Waals surface area contributed by atoms with Gasteiger partial charge in [-0.3, -0.25) is 0 Å². The van der Waals surface area contributed by atoms with Crippen molar-refractivity contribution in [3.8, 4) is 45.0 Å². The van der Waals surface area contributed by atoms with E-state index < -0.39 is 74.1 Å². The Kier molecular flexibility index (Phi) is 18.4. The molecule has 0 spiro atoms. The molecule has 0 aliphatic carbocycles. The van der Waals surface area contributed by atoms with E-state index >= 15 is 0 Å². The first-order valence-electron chi connectivity index (χ1n) is 22.1. The van der Waals surface area contributed by atoms with Gasteiger partial charge in [-0.25, -0.2) is 26.2 Å². The molecule has 0 saturated carbocycles. The summed E-state index contributed by atoms with van der Waals surface area (Å²) in [4.78, 5) is 0.147. The summed E-state index contributed by atoms with van der Waals surface area (Å²) in [6.45, 7) is 0. The number of alkyl halides is 12. The Morgan fingerprint density at radius 2 is 0.838 bits per heavy atom. The predicted molar refractivity (Wildman–Crippen MR) is 276 cm³/mol. The van der Waals surface area contributed by atoms with Crippen LogP contribution in [0.3, 0.4) is 0 Å². The molecule has 0 bridgehead atoms. The first-order chi connectivity index (χ1) is 36.8. The maximum Gasteiger partial charge on any atom is 0.488 e. The van der Waals surface area contributed by atoms with E-state index in [1.807, 2.05) is 0 Å². The number of halogens is 15. The predicted octanol–water partition coefficient (Wildman–Crippen LogP) is 11.6. The minimum atomic E-state index is -6.13. The number of benzene rings is 6. The fraction of sp³-hybridized carbons (Fsp3) is 0.160. The number of aliphatic hydroxyl groups is 2. The third kappa shape index (κ3) is 13.4. The lowest BCUT2D eigenvalue weighted by Gasteiger charge is -2.30. The molecule has 0 aliphatic heterocycles. The summed E-state index contributed by atoms with van der Waals surface area (Å²) in [6.07, 6.45) is -22.3. The molecule has 0 fully saturated rings. The van der Waals surface area contributed by atoms with Crippen molar-refractivity contribution in [1.82, 2.24) is 19.6 Å². The van der Waals surface area contributed by atoms with Gasteiger partial charge in [0.25, 0.3) is 0 Å². The molecule has 0 radical (unpaired) electrons. The summed E-state index contributed by atoms with van der Waals surface area (Å²) in [7, 11) is -8.41. The first-order valence-corrected chi connectivity index (χ1v) is 27.4. The Hall–Kier alpha value is -6.24. The Labute approximate surface area is 465 Å². The van der Waals surface area contributed by atoms with Gasteiger partial charge in [-0.1, -0.05) is 112 Å². The third-order valence-corrected chi connectivity index (χ3v) is 14.9. The molecule has 6 aromatic carbocycles. The summed E-state index contributed by atoms with van der Waals surface area (Å²) in [5, 5.41) is 44.4. The minimum Gasteiger partial charge on any atom is -0.423 e. The van der Waals surface area contributed by atoms with Gasteiger partial charge >= 0.3 is 43.0 Å². The van der Waals surface area contributed by atoms with Crippen LogP contribution in [0.15, 0.2) is 172 Å². The molecule has 8 rings (SSSR count). The van der Waals surface area contributed by atoms with Crippen LogP contribution >= 0.6 is 39.1 Å². The van der Waals surface area contributed by atoms with Crippen LogP contribution in [0.5, 0.6) is 0 Å². The standard InChI is InChI=1S/C25H17ClF6N2O3S.C18H10BrClF6N2O.C7H9BO4S/c1-38(36,37)18-6-4-5-16(13-18)15-9-11-17(12-10-15)34-21(19-7-2-3-8-20(19)26)14-22(33-34)23(35,24(27,28)29)25(30,31)32;19-10-5-7-11(8-6-10)28-14(12-3-1-2-4-13(12)20)9-15(27-28)16(29,17(21,22)23)18(24,25)26;1-13(11,12)7-4-2-3-6(5-7)8(9)10/h2-14,35H,1H3;1-9,29H;2-5,9-10H,1H3. The lowest BCUT2D eigenvalue weighted by Crippen LogP contribution is -2.54. The zero-order valence-electron chi connectivity index (χ0n) is 40.3. The van der Waals surface area contributed by atoms with Crippen LogP contribution in [0, 0.1) is 0 Å². The van der Waals surface area contributed by atoms with Crippen LogP contribution in [0.4, 0.5) is 52.7 Å². The number of sulfone groups is 2. The van der Waals surface area contributed by atoms with Crippen LogP contribution in [-0.4, -0.2) is 101 Å². The number of nitrogens with zero attached hydrogens (tertiary/aromatic N) is 4. The zero-order chi connectivity index (χ0) is 59.8. The average Bonchev–Trinajstić information content (AvgIpc) is 4.08. The highest BCUT2D eigenvalue weighted by Gasteiger charge is 2.74. The van der Waals surface area contributed by atoms with Crippen LogP contribution < -0.4 is 5.46 Å². The highest BCUT2D eigenvalue weighted by molar-refractivity contribution is 9.10. The zero-order valence-corrected chi connectivity index (χ0v) is 45.0. The lowest BCUT2D eigenvalue weighted by molar-refractivity contribution is -0.378. The molecule has 12 nitrogen and oxygen atoms in total. The molecular formula is C50H36BBrCl2F12N4O8S2. The van der Waals surface area contributed by atoms with E-state index in [2.05, 4.69) is 26.1 Å². The minimum absolute atomic E-state index is 0.0250. The smallest absolute Gasteiger partial charge is 0.423 e. The Morgan fingerprint density at radius 3 is 1.20 bits per heavy atom. The van der Waals surface area contributed by atoms with Gasteiger partial charge in [0.1, 0.15) is 11.4 Å². The molecule has 30 heteroatoms. The van der Waals surface area contributed by atoms with E-state index in [0.29, 0.717) is 27.7 Å². The Bertz CT molecular complexity index is 3720. The maximum absolute atomic E-state index is 13.6. The molecule has 424 valence electrons. The van der Waals surface area contributed by atoms with Crippen LogP contribution in [0.1, 0.15) is 11.4 Å². The van der Waals surface area contributed by atoms with Crippen molar-refractivity contribution in [3.63, 3.8) is 0 Å². The topological polar surface area (TPSA) is 185 Å². The van der Waals surface area contributed by atoms with Gasteiger partial charge in [-0.2, -0.15) is 62.9 Å². The van der Waals surface area contributed by atoms with E-state index in [0.717, 1.165) is 21.9 Å². The molecule has 0 saturated heterocycles. The molecule has 0 atom stereocenters. The van der Waals surface area contributed by atoms with Crippen LogP contribution in [0.25, 0.3) is 45.0 Å². The van der Waals surface area contributed by atoms with Crippen molar-refractivity contribution < 1.29 is 89.8 Å². The van der Waals surface area contributed by atoms with Crippen molar-refractivity contribution in [2.75, 3.05) is 12.5 Å². The molecule has 0 amide bonds. The number of hydrogen-bond acceptors (Lipinski definition) is 10. The average molecular weight is 1270 g/mol. The summed E-state index contributed by atoms with van der Waals surface area (Å²) in [6, 6.07) is 35.9. The SMILES string of the molecule is CS(=O)(=O)c1cccc(-c2ccc(-n3nc(C(O)(C(F)(F)F)C(F)(F)F)cc3-c3ccccc3Cl)cc2)c1.CS(=O)(=O)c1cccc(B(O)O)c1.OC(c1cc(-c2ccccc2Cl)n(-c2ccc(Br)cc2)n1)(C(F)(F)F)C(F)(F)F. The lowest BCUT2D eigenvalue weighted by atomic mass is 9.80. The second kappa shape index (κ2) is 23.3. The van der Waals surface area contributed by atoms with Gasteiger partial charge in [-0.15, -0.1) is 0 Å². The molecule has 2 aromatic heterocycles. The quantitative estimate of drug-likeness (QED) is 0.0759. The number of hydrogen-bond donors (Lipinski definition) is 4. The van der Waals surface area contributed by atoms with Gasteiger partial charge in [0, 0.05) is 38.2 Å². The summed E-state index contributed by atoms with van der Waals surface area (Å²) < 4.78 is 210. The highest BCUT2D eigenvalue weighted by Crippen LogP contribution is 2.52. The van der Waals surface area contributed by atoms with Gasteiger partial charge in [0.05, 0.1) is 32.6 Å². The molecule has 80 heavy (non-hydrogen) atoms. The molecule has 2 heterocycles. The van der Waals surface area contributed by atoms with Crippen molar-refractivity contribution in [2.45, 2.75) is 45.7 Å². The van der Waals surface area contributed by atoms with Crippen molar-refractivity contribution >= 4 is 71.4 Å². The monoisotopic (exact) mass is 1270 g/mol. The maximum atomic E-state index is 13.6. The van der Waals surface area contributed by atoms with E-state index in [4.69, 9.17) is 33.2 Å². The number of rotatable bonds is 10.